The monoisotopic (exact) mass is 247 g/mol. The maximum atomic E-state index is 5.76. The second-order valence-corrected chi connectivity index (χ2v) is 5.10. The number of thiazole rings is 1. The average molecular weight is 247 g/mol. The van der Waals surface area contributed by atoms with Crippen LogP contribution in [0.25, 0.3) is 10.7 Å². The van der Waals surface area contributed by atoms with Crippen LogP contribution in [-0.4, -0.2) is 9.97 Å². The van der Waals surface area contributed by atoms with Gasteiger partial charge in [0.2, 0.25) is 0 Å². The van der Waals surface area contributed by atoms with E-state index in [4.69, 9.17) is 5.73 Å². The highest BCUT2D eigenvalue weighted by Crippen LogP contribution is 2.29. The minimum atomic E-state index is 0.568. The first-order valence-corrected chi connectivity index (χ1v) is 6.68. The number of aromatic nitrogens is 2. The summed E-state index contributed by atoms with van der Waals surface area (Å²) in [5.41, 5.74) is 9.04. The molecule has 0 aliphatic heterocycles. The Morgan fingerprint density at radius 3 is 2.88 bits per heavy atom. The third-order valence-electron chi connectivity index (χ3n) is 2.66. The summed E-state index contributed by atoms with van der Waals surface area (Å²) >= 11 is 1.67. The van der Waals surface area contributed by atoms with Gasteiger partial charge >= 0.3 is 0 Å². The maximum absolute atomic E-state index is 5.76. The number of rotatable bonds is 4. The molecular formula is C13H17N3S. The van der Waals surface area contributed by atoms with Gasteiger partial charge in [-0.3, -0.25) is 4.98 Å². The van der Waals surface area contributed by atoms with E-state index in [1.54, 1.807) is 11.3 Å². The molecule has 0 spiro atoms. The van der Waals surface area contributed by atoms with Crippen molar-refractivity contribution < 1.29 is 0 Å². The molecule has 3 nitrogen and oxygen atoms in total. The summed E-state index contributed by atoms with van der Waals surface area (Å²) in [5, 5.41) is 0.993. The molecule has 17 heavy (non-hydrogen) atoms. The lowest BCUT2D eigenvalue weighted by Crippen LogP contribution is -1.97. The van der Waals surface area contributed by atoms with E-state index in [1.165, 1.54) is 4.88 Å². The zero-order chi connectivity index (χ0) is 12.3. The van der Waals surface area contributed by atoms with Gasteiger partial charge in [0, 0.05) is 17.6 Å². The van der Waals surface area contributed by atoms with Crippen LogP contribution >= 0.6 is 11.3 Å². The molecular weight excluding hydrogens is 230 g/mol. The van der Waals surface area contributed by atoms with E-state index in [2.05, 4.69) is 29.9 Å². The van der Waals surface area contributed by atoms with Gasteiger partial charge in [-0.25, -0.2) is 4.98 Å². The molecule has 0 aromatic carbocycles. The predicted octanol–water partition coefficient (Wildman–Crippen LogP) is 2.92. The van der Waals surface area contributed by atoms with Crippen molar-refractivity contribution in [2.75, 3.05) is 0 Å². The summed E-state index contributed by atoms with van der Waals surface area (Å²) in [7, 11) is 0. The molecule has 2 aromatic heterocycles. The smallest absolute Gasteiger partial charge is 0.142 e. The van der Waals surface area contributed by atoms with Crippen LogP contribution in [0, 0.1) is 6.92 Å². The molecule has 0 unspecified atom stereocenters. The van der Waals surface area contributed by atoms with Gasteiger partial charge in [0.15, 0.2) is 0 Å². The highest BCUT2D eigenvalue weighted by Gasteiger charge is 2.12. The van der Waals surface area contributed by atoms with E-state index in [9.17, 15) is 0 Å². The van der Waals surface area contributed by atoms with Crippen LogP contribution in [-0.2, 0) is 13.0 Å². The summed E-state index contributed by atoms with van der Waals surface area (Å²) in [6.45, 7) is 4.79. The van der Waals surface area contributed by atoms with Gasteiger partial charge in [-0.1, -0.05) is 19.4 Å². The van der Waals surface area contributed by atoms with Crippen LogP contribution in [0.5, 0.6) is 0 Å². The second kappa shape index (κ2) is 5.38. The van der Waals surface area contributed by atoms with Crippen LogP contribution in [0.3, 0.4) is 0 Å². The van der Waals surface area contributed by atoms with Crippen molar-refractivity contribution in [2.45, 2.75) is 33.2 Å². The molecule has 2 heterocycles. The molecule has 0 aliphatic rings. The molecule has 0 bridgehead atoms. The normalized spacial score (nSPS) is 10.8. The molecule has 0 saturated heterocycles. The number of hydrogen-bond donors (Lipinski definition) is 1. The Morgan fingerprint density at radius 2 is 2.24 bits per heavy atom. The molecule has 4 heteroatoms. The quantitative estimate of drug-likeness (QED) is 0.903. The molecule has 2 rings (SSSR count). The SMILES string of the molecule is CCCc1nc(-c2ncccc2C)sc1CN. The highest BCUT2D eigenvalue weighted by molar-refractivity contribution is 7.15. The fourth-order valence-corrected chi connectivity index (χ4v) is 2.83. The Labute approximate surface area is 106 Å². The predicted molar refractivity (Wildman–Crippen MR) is 72.0 cm³/mol. The van der Waals surface area contributed by atoms with Crippen LogP contribution in [0.15, 0.2) is 18.3 Å². The Bertz CT molecular complexity index is 505. The first kappa shape index (κ1) is 12.2. The van der Waals surface area contributed by atoms with Gasteiger partial charge in [0.05, 0.1) is 5.69 Å². The number of aryl methyl sites for hydroxylation is 2. The zero-order valence-electron chi connectivity index (χ0n) is 10.2. The fourth-order valence-electron chi connectivity index (χ4n) is 1.79. The van der Waals surface area contributed by atoms with E-state index in [-0.39, 0.29) is 0 Å². The summed E-state index contributed by atoms with van der Waals surface area (Å²) < 4.78 is 0. The number of nitrogens with two attached hydrogens (primary N) is 1. The lowest BCUT2D eigenvalue weighted by atomic mass is 10.2. The Kier molecular flexibility index (Phi) is 3.86. The van der Waals surface area contributed by atoms with Gasteiger partial charge in [-0.15, -0.1) is 11.3 Å². The van der Waals surface area contributed by atoms with E-state index in [0.717, 1.165) is 34.8 Å². The van der Waals surface area contributed by atoms with Crippen molar-refractivity contribution in [2.24, 2.45) is 5.73 Å². The molecule has 0 amide bonds. The van der Waals surface area contributed by atoms with E-state index in [1.807, 2.05) is 12.3 Å². The van der Waals surface area contributed by atoms with Gasteiger partial charge in [-0.2, -0.15) is 0 Å². The summed E-state index contributed by atoms with van der Waals surface area (Å²) in [6, 6.07) is 4.01. The lowest BCUT2D eigenvalue weighted by molar-refractivity contribution is 0.871. The molecule has 0 atom stereocenters. The molecule has 2 aromatic rings. The number of nitrogens with zero attached hydrogens (tertiary/aromatic N) is 2. The minimum Gasteiger partial charge on any atom is -0.326 e. The Morgan fingerprint density at radius 1 is 1.41 bits per heavy atom. The van der Waals surface area contributed by atoms with Gasteiger partial charge in [-0.05, 0) is 25.0 Å². The summed E-state index contributed by atoms with van der Waals surface area (Å²) in [5.74, 6) is 0. The van der Waals surface area contributed by atoms with Gasteiger partial charge in [0.25, 0.3) is 0 Å². The molecule has 0 aliphatic carbocycles. The van der Waals surface area contributed by atoms with Crippen LogP contribution < -0.4 is 5.73 Å². The molecule has 0 radical (unpaired) electrons. The number of hydrogen-bond acceptors (Lipinski definition) is 4. The van der Waals surface area contributed by atoms with Crippen molar-refractivity contribution in [1.29, 1.82) is 0 Å². The van der Waals surface area contributed by atoms with Crippen molar-refractivity contribution in [3.05, 3.63) is 34.5 Å². The third-order valence-corrected chi connectivity index (χ3v) is 3.79. The highest BCUT2D eigenvalue weighted by atomic mass is 32.1. The van der Waals surface area contributed by atoms with Crippen molar-refractivity contribution >= 4 is 11.3 Å². The van der Waals surface area contributed by atoms with Crippen molar-refractivity contribution in [3.8, 4) is 10.7 Å². The van der Waals surface area contributed by atoms with E-state index >= 15 is 0 Å². The first-order chi connectivity index (χ1) is 8.26. The summed E-state index contributed by atoms with van der Waals surface area (Å²) in [4.78, 5) is 10.3. The largest absolute Gasteiger partial charge is 0.326 e. The van der Waals surface area contributed by atoms with Crippen LogP contribution in [0.4, 0.5) is 0 Å². The molecule has 2 N–H and O–H groups in total. The van der Waals surface area contributed by atoms with Crippen molar-refractivity contribution in [1.82, 2.24) is 9.97 Å². The Hall–Kier alpha value is -1.26. The lowest BCUT2D eigenvalue weighted by Gasteiger charge is -1.98. The summed E-state index contributed by atoms with van der Waals surface area (Å²) in [6.07, 6.45) is 3.90. The van der Waals surface area contributed by atoms with E-state index in [0.29, 0.717) is 6.54 Å². The first-order valence-electron chi connectivity index (χ1n) is 5.87. The second-order valence-electron chi connectivity index (χ2n) is 4.01. The fraction of sp³-hybridized carbons (Fsp3) is 0.385. The number of pyridine rings is 1. The van der Waals surface area contributed by atoms with E-state index < -0.39 is 0 Å². The average Bonchev–Trinajstić information content (AvgIpc) is 2.73. The van der Waals surface area contributed by atoms with Crippen LogP contribution in [0.1, 0.15) is 29.5 Å². The molecule has 90 valence electrons. The van der Waals surface area contributed by atoms with Gasteiger partial charge < -0.3 is 5.73 Å². The minimum absolute atomic E-state index is 0.568. The third kappa shape index (κ3) is 2.53. The molecule has 0 saturated carbocycles. The van der Waals surface area contributed by atoms with Gasteiger partial charge in [0.1, 0.15) is 10.7 Å². The standard InChI is InChI=1S/C13H17N3S/c1-3-5-10-11(8-14)17-13(16-10)12-9(2)6-4-7-15-12/h4,6-7H,3,5,8,14H2,1-2H3. The Balaban J connectivity index is 2.43. The maximum Gasteiger partial charge on any atom is 0.142 e. The van der Waals surface area contributed by atoms with Crippen LogP contribution in [0.2, 0.25) is 0 Å². The molecule has 0 fully saturated rings. The van der Waals surface area contributed by atoms with Crippen molar-refractivity contribution in [3.63, 3.8) is 0 Å². The zero-order valence-corrected chi connectivity index (χ0v) is 11.0. The topological polar surface area (TPSA) is 51.8 Å².